The Labute approximate surface area is 122 Å². The van der Waals surface area contributed by atoms with E-state index in [9.17, 15) is 0 Å². The standard InChI is InChI=1S/C16H14ClN3/c1-11-8-14(16(17)20-9-11)19-10-13-5-2-4-12-6-3-7-18-15(12)13/h2-9,19H,10H2,1H3. The summed E-state index contributed by atoms with van der Waals surface area (Å²) in [5, 5.41) is 4.96. The van der Waals surface area contributed by atoms with Gasteiger partial charge in [0, 0.05) is 24.3 Å². The molecule has 0 aliphatic carbocycles. The number of nitrogens with one attached hydrogen (secondary N) is 1. The van der Waals surface area contributed by atoms with Crippen LogP contribution >= 0.6 is 11.6 Å². The topological polar surface area (TPSA) is 37.8 Å². The number of hydrogen-bond acceptors (Lipinski definition) is 3. The van der Waals surface area contributed by atoms with E-state index in [1.54, 1.807) is 6.20 Å². The number of anilines is 1. The van der Waals surface area contributed by atoms with E-state index >= 15 is 0 Å². The Bertz CT molecular complexity index is 750. The van der Waals surface area contributed by atoms with Crippen molar-refractivity contribution in [2.45, 2.75) is 13.5 Å². The van der Waals surface area contributed by atoms with Crippen molar-refractivity contribution >= 4 is 28.2 Å². The van der Waals surface area contributed by atoms with Crippen molar-refractivity contribution in [3.8, 4) is 0 Å². The third-order valence-electron chi connectivity index (χ3n) is 3.16. The summed E-state index contributed by atoms with van der Waals surface area (Å²) in [5.41, 5.74) is 4.08. The van der Waals surface area contributed by atoms with Gasteiger partial charge in [-0.25, -0.2) is 4.98 Å². The highest BCUT2D eigenvalue weighted by Gasteiger charge is 2.04. The van der Waals surface area contributed by atoms with E-state index in [4.69, 9.17) is 11.6 Å². The number of hydrogen-bond donors (Lipinski definition) is 1. The predicted molar refractivity (Wildman–Crippen MR) is 83.1 cm³/mol. The van der Waals surface area contributed by atoms with Gasteiger partial charge in [-0.1, -0.05) is 35.9 Å². The monoisotopic (exact) mass is 283 g/mol. The quantitative estimate of drug-likeness (QED) is 0.732. The summed E-state index contributed by atoms with van der Waals surface area (Å²) < 4.78 is 0. The van der Waals surface area contributed by atoms with Gasteiger partial charge in [-0.15, -0.1) is 0 Å². The summed E-state index contributed by atoms with van der Waals surface area (Å²) in [6.45, 7) is 2.66. The van der Waals surface area contributed by atoms with E-state index < -0.39 is 0 Å². The summed E-state index contributed by atoms with van der Waals surface area (Å²) in [4.78, 5) is 8.59. The Hall–Kier alpha value is -2.13. The summed E-state index contributed by atoms with van der Waals surface area (Å²) in [6.07, 6.45) is 3.57. The van der Waals surface area contributed by atoms with Crippen molar-refractivity contribution < 1.29 is 0 Å². The largest absolute Gasteiger partial charge is 0.378 e. The van der Waals surface area contributed by atoms with Crippen LogP contribution in [0.1, 0.15) is 11.1 Å². The predicted octanol–water partition coefficient (Wildman–Crippen LogP) is 4.20. The Morgan fingerprint density at radius 1 is 1.15 bits per heavy atom. The third-order valence-corrected chi connectivity index (χ3v) is 3.46. The SMILES string of the molecule is Cc1cnc(Cl)c(NCc2cccc3cccnc23)c1. The lowest BCUT2D eigenvalue weighted by atomic mass is 10.1. The van der Waals surface area contributed by atoms with Gasteiger partial charge >= 0.3 is 0 Å². The van der Waals surface area contributed by atoms with Crippen LogP contribution in [0, 0.1) is 6.92 Å². The van der Waals surface area contributed by atoms with Crippen molar-refractivity contribution in [2.75, 3.05) is 5.32 Å². The molecular formula is C16H14ClN3. The molecular weight excluding hydrogens is 270 g/mol. The summed E-state index contributed by atoms with van der Waals surface area (Å²) in [7, 11) is 0. The number of pyridine rings is 2. The molecule has 0 unspecified atom stereocenters. The normalized spacial score (nSPS) is 10.7. The minimum atomic E-state index is 0.490. The number of fused-ring (bicyclic) bond motifs is 1. The average Bonchev–Trinajstić information content (AvgIpc) is 2.48. The second kappa shape index (κ2) is 5.47. The first kappa shape index (κ1) is 12.9. The zero-order valence-corrected chi connectivity index (χ0v) is 11.9. The fraction of sp³-hybridized carbons (Fsp3) is 0.125. The van der Waals surface area contributed by atoms with Crippen LogP contribution in [-0.2, 0) is 6.54 Å². The first-order valence-electron chi connectivity index (χ1n) is 6.43. The maximum absolute atomic E-state index is 6.09. The molecule has 0 amide bonds. The van der Waals surface area contributed by atoms with Gasteiger partial charge in [-0.05, 0) is 30.2 Å². The Balaban J connectivity index is 1.89. The lowest BCUT2D eigenvalue weighted by Gasteiger charge is -2.10. The van der Waals surface area contributed by atoms with Crippen LogP contribution < -0.4 is 5.32 Å². The highest BCUT2D eigenvalue weighted by atomic mass is 35.5. The van der Waals surface area contributed by atoms with Crippen LogP contribution in [0.25, 0.3) is 10.9 Å². The molecule has 0 radical (unpaired) electrons. The number of aromatic nitrogens is 2. The molecule has 0 aliphatic heterocycles. The number of para-hydroxylation sites is 1. The first-order chi connectivity index (χ1) is 9.74. The van der Waals surface area contributed by atoms with Crippen LogP contribution in [-0.4, -0.2) is 9.97 Å². The molecule has 2 heterocycles. The second-order valence-electron chi connectivity index (χ2n) is 4.70. The van der Waals surface area contributed by atoms with Crippen molar-refractivity contribution in [1.29, 1.82) is 0 Å². The van der Waals surface area contributed by atoms with Gasteiger partial charge < -0.3 is 5.32 Å². The molecule has 0 saturated heterocycles. The molecule has 3 rings (SSSR count). The van der Waals surface area contributed by atoms with Gasteiger partial charge in [-0.3, -0.25) is 4.98 Å². The molecule has 1 aromatic carbocycles. The number of aryl methyl sites for hydroxylation is 1. The van der Waals surface area contributed by atoms with Crippen molar-refractivity contribution in [3.63, 3.8) is 0 Å². The fourth-order valence-electron chi connectivity index (χ4n) is 2.18. The van der Waals surface area contributed by atoms with Crippen molar-refractivity contribution in [3.05, 3.63) is 65.1 Å². The van der Waals surface area contributed by atoms with E-state index in [0.29, 0.717) is 11.7 Å². The number of rotatable bonds is 3. The number of halogens is 1. The van der Waals surface area contributed by atoms with Gasteiger partial charge in [0.15, 0.2) is 5.15 Å². The lowest BCUT2D eigenvalue weighted by Crippen LogP contribution is -2.02. The van der Waals surface area contributed by atoms with E-state index in [1.807, 2.05) is 31.3 Å². The van der Waals surface area contributed by atoms with Gasteiger partial charge in [-0.2, -0.15) is 0 Å². The highest BCUT2D eigenvalue weighted by Crippen LogP contribution is 2.22. The van der Waals surface area contributed by atoms with Crippen LogP contribution in [0.15, 0.2) is 48.8 Å². The zero-order valence-electron chi connectivity index (χ0n) is 11.1. The molecule has 1 N–H and O–H groups in total. The molecule has 3 nitrogen and oxygen atoms in total. The van der Waals surface area contributed by atoms with Crippen LogP contribution in [0.2, 0.25) is 5.15 Å². The van der Waals surface area contributed by atoms with Crippen molar-refractivity contribution in [2.24, 2.45) is 0 Å². The number of nitrogens with zero attached hydrogens (tertiary/aromatic N) is 2. The minimum Gasteiger partial charge on any atom is -0.378 e. The van der Waals surface area contributed by atoms with Gasteiger partial charge in [0.05, 0.1) is 11.2 Å². The second-order valence-corrected chi connectivity index (χ2v) is 5.05. The van der Waals surface area contributed by atoms with Gasteiger partial charge in [0.1, 0.15) is 0 Å². The molecule has 0 bridgehead atoms. The molecule has 0 aliphatic rings. The highest BCUT2D eigenvalue weighted by molar-refractivity contribution is 6.31. The lowest BCUT2D eigenvalue weighted by molar-refractivity contribution is 1.13. The molecule has 4 heteroatoms. The average molecular weight is 284 g/mol. The van der Waals surface area contributed by atoms with Crippen LogP contribution in [0.3, 0.4) is 0 Å². The van der Waals surface area contributed by atoms with Gasteiger partial charge in [0.25, 0.3) is 0 Å². The van der Waals surface area contributed by atoms with Crippen LogP contribution in [0.4, 0.5) is 5.69 Å². The smallest absolute Gasteiger partial charge is 0.152 e. The maximum atomic E-state index is 6.09. The van der Waals surface area contributed by atoms with E-state index in [-0.39, 0.29) is 0 Å². The molecule has 20 heavy (non-hydrogen) atoms. The van der Waals surface area contributed by atoms with E-state index in [2.05, 4.69) is 33.5 Å². The Morgan fingerprint density at radius 3 is 2.90 bits per heavy atom. The van der Waals surface area contributed by atoms with Crippen molar-refractivity contribution in [1.82, 2.24) is 9.97 Å². The molecule has 0 atom stereocenters. The molecule has 100 valence electrons. The van der Waals surface area contributed by atoms with Crippen LogP contribution in [0.5, 0.6) is 0 Å². The summed E-state index contributed by atoms with van der Waals surface area (Å²) in [6, 6.07) is 12.2. The first-order valence-corrected chi connectivity index (χ1v) is 6.80. The van der Waals surface area contributed by atoms with Gasteiger partial charge in [0.2, 0.25) is 0 Å². The van der Waals surface area contributed by atoms with E-state index in [1.165, 1.54) is 0 Å². The van der Waals surface area contributed by atoms with E-state index in [0.717, 1.165) is 27.7 Å². The fourth-order valence-corrected chi connectivity index (χ4v) is 2.35. The summed E-state index contributed by atoms with van der Waals surface area (Å²) >= 11 is 6.09. The molecule has 2 aromatic heterocycles. The molecule has 0 fully saturated rings. The molecule has 0 saturated carbocycles. The maximum Gasteiger partial charge on any atom is 0.152 e. The zero-order chi connectivity index (χ0) is 13.9. The Kier molecular flexibility index (Phi) is 3.52. The molecule has 0 spiro atoms. The minimum absolute atomic E-state index is 0.490. The summed E-state index contributed by atoms with van der Waals surface area (Å²) in [5.74, 6) is 0. The number of benzene rings is 1. The Morgan fingerprint density at radius 2 is 2.00 bits per heavy atom. The third kappa shape index (κ3) is 2.58. The molecule has 3 aromatic rings.